The Hall–Kier alpha value is -2.44. The number of aromatic nitrogens is 3. The summed E-state index contributed by atoms with van der Waals surface area (Å²) < 4.78 is 0. The number of aryl methyl sites for hydroxylation is 1. The number of nitrogens with zero attached hydrogens (tertiary/aromatic N) is 3. The Morgan fingerprint density at radius 2 is 2.35 bits per heavy atom. The number of pyridine rings is 1. The summed E-state index contributed by atoms with van der Waals surface area (Å²) in [6.07, 6.45) is 4.78. The van der Waals surface area contributed by atoms with Gasteiger partial charge in [0.2, 0.25) is 5.82 Å². The maximum Gasteiger partial charge on any atom is 0.311 e. The van der Waals surface area contributed by atoms with Crippen molar-refractivity contribution in [2.75, 3.05) is 5.32 Å². The van der Waals surface area contributed by atoms with E-state index in [1.807, 2.05) is 0 Å². The molecule has 0 amide bonds. The van der Waals surface area contributed by atoms with Crippen molar-refractivity contribution in [1.29, 1.82) is 0 Å². The molecule has 88 valence electrons. The second-order valence-electron chi connectivity index (χ2n) is 3.57. The Morgan fingerprint density at radius 1 is 1.53 bits per heavy atom. The van der Waals surface area contributed by atoms with Crippen LogP contribution in [0.25, 0.3) is 0 Å². The standard InChI is InChI=1S/C10H11N5O2/c1-7-2-9(15(16)17)10(12-3-7)13-5-8-4-11-6-14-8/h2-4,6H,5H2,1H3,(H,11,14)(H,12,13). The van der Waals surface area contributed by atoms with Crippen molar-refractivity contribution >= 4 is 11.5 Å². The van der Waals surface area contributed by atoms with Crippen LogP contribution < -0.4 is 5.32 Å². The Bertz CT molecular complexity index is 523. The van der Waals surface area contributed by atoms with Crippen LogP contribution in [0.1, 0.15) is 11.3 Å². The van der Waals surface area contributed by atoms with Crippen molar-refractivity contribution in [3.05, 3.63) is 46.2 Å². The summed E-state index contributed by atoms with van der Waals surface area (Å²) in [5, 5.41) is 13.7. The fourth-order valence-corrected chi connectivity index (χ4v) is 1.39. The summed E-state index contributed by atoms with van der Waals surface area (Å²) in [6.45, 7) is 2.18. The van der Waals surface area contributed by atoms with Crippen LogP contribution in [-0.4, -0.2) is 19.9 Å². The van der Waals surface area contributed by atoms with Gasteiger partial charge in [-0.3, -0.25) is 10.1 Å². The van der Waals surface area contributed by atoms with E-state index in [0.29, 0.717) is 6.54 Å². The van der Waals surface area contributed by atoms with Gasteiger partial charge in [0.15, 0.2) is 0 Å². The molecule has 0 radical (unpaired) electrons. The van der Waals surface area contributed by atoms with Gasteiger partial charge >= 0.3 is 5.69 Å². The molecule has 0 bridgehead atoms. The number of rotatable bonds is 4. The molecule has 2 heterocycles. The molecule has 7 nitrogen and oxygen atoms in total. The van der Waals surface area contributed by atoms with Crippen LogP contribution in [0, 0.1) is 17.0 Å². The minimum Gasteiger partial charge on any atom is -0.359 e. The van der Waals surface area contributed by atoms with Gasteiger partial charge in [-0.1, -0.05) is 0 Å². The summed E-state index contributed by atoms with van der Waals surface area (Å²) in [5.74, 6) is 0.259. The van der Waals surface area contributed by atoms with Crippen molar-refractivity contribution in [2.45, 2.75) is 13.5 Å². The number of H-pyrrole nitrogens is 1. The molecule has 7 heteroatoms. The zero-order chi connectivity index (χ0) is 12.3. The molecule has 0 saturated heterocycles. The van der Waals surface area contributed by atoms with Gasteiger partial charge in [-0.2, -0.15) is 0 Å². The highest BCUT2D eigenvalue weighted by molar-refractivity contribution is 5.56. The summed E-state index contributed by atoms with van der Waals surface area (Å²) in [5.41, 5.74) is 1.56. The van der Waals surface area contributed by atoms with E-state index in [2.05, 4.69) is 20.3 Å². The average molecular weight is 233 g/mol. The van der Waals surface area contributed by atoms with Crippen LogP contribution in [0.4, 0.5) is 11.5 Å². The van der Waals surface area contributed by atoms with Crippen LogP contribution in [0.2, 0.25) is 0 Å². The maximum absolute atomic E-state index is 10.8. The molecule has 2 aromatic heterocycles. The molecule has 2 N–H and O–H groups in total. The van der Waals surface area contributed by atoms with Crippen LogP contribution in [0.3, 0.4) is 0 Å². The number of anilines is 1. The molecule has 0 atom stereocenters. The van der Waals surface area contributed by atoms with Crippen LogP contribution >= 0.6 is 0 Å². The monoisotopic (exact) mass is 233 g/mol. The molecule has 0 fully saturated rings. The molecule has 0 aliphatic heterocycles. The Kier molecular flexibility index (Phi) is 2.99. The fraction of sp³-hybridized carbons (Fsp3) is 0.200. The van der Waals surface area contributed by atoms with Gasteiger partial charge in [0.25, 0.3) is 0 Å². The SMILES string of the molecule is Cc1cnc(NCc2cnc[nH]2)c([N+](=O)[O-])c1. The number of imidazole rings is 1. The highest BCUT2D eigenvalue weighted by atomic mass is 16.6. The van der Waals surface area contributed by atoms with E-state index in [9.17, 15) is 10.1 Å². The van der Waals surface area contributed by atoms with E-state index in [-0.39, 0.29) is 11.5 Å². The molecule has 0 unspecified atom stereocenters. The number of hydrogen-bond acceptors (Lipinski definition) is 5. The minimum absolute atomic E-state index is 0.0236. The average Bonchev–Trinajstić information content (AvgIpc) is 2.80. The first-order valence-electron chi connectivity index (χ1n) is 4.99. The predicted molar refractivity (Wildman–Crippen MR) is 61.5 cm³/mol. The molecule has 2 aromatic rings. The third kappa shape index (κ3) is 2.57. The predicted octanol–water partition coefficient (Wildman–Crippen LogP) is 1.63. The quantitative estimate of drug-likeness (QED) is 0.618. The van der Waals surface area contributed by atoms with Crippen molar-refractivity contribution in [1.82, 2.24) is 15.0 Å². The zero-order valence-electron chi connectivity index (χ0n) is 9.17. The molecule has 0 aliphatic rings. The van der Waals surface area contributed by atoms with Crippen molar-refractivity contribution in [2.24, 2.45) is 0 Å². The number of nitro groups is 1. The highest BCUT2D eigenvalue weighted by Crippen LogP contribution is 2.22. The smallest absolute Gasteiger partial charge is 0.311 e. The van der Waals surface area contributed by atoms with E-state index in [1.165, 1.54) is 6.07 Å². The number of hydrogen-bond donors (Lipinski definition) is 2. The van der Waals surface area contributed by atoms with Crippen molar-refractivity contribution in [3.63, 3.8) is 0 Å². The normalized spacial score (nSPS) is 10.2. The second-order valence-corrected chi connectivity index (χ2v) is 3.57. The summed E-state index contributed by atoms with van der Waals surface area (Å²) in [4.78, 5) is 21.2. The lowest BCUT2D eigenvalue weighted by atomic mass is 10.3. The lowest BCUT2D eigenvalue weighted by Gasteiger charge is -2.05. The molecular formula is C10H11N5O2. The second kappa shape index (κ2) is 4.60. The molecule has 0 aromatic carbocycles. The van der Waals surface area contributed by atoms with E-state index in [1.54, 1.807) is 25.6 Å². The van der Waals surface area contributed by atoms with E-state index >= 15 is 0 Å². The minimum atomic E-state index is -0.449. The van der Waals surface area contributed by atoms with Crippen molar-refractivity contribution in [3.8, 4) is 0 Å². The first-order chi connectivity index (χ1) is 8.16. The van der Waals surface area contributed by atoms with Crippen LogP contribution in [0.15, 0.2) is 24.8 Å². The third-order valence-electron chi connectivity index (χ3n) is 2.20. The lowest BCUT2D eigenvalue weighted by molar-refractivity contribution is -0.384. The molecule has 0 saturated carbocycles. The molecule has 0 spiro atoms. The van der Waals surface area contributed by atoms with Gasteiger partial charge < -0.3 is 10.3 Å². The van der Waals surface area contributed by atoms with Gasteiger partial charge in [-0.25, -0.2) is 9.97 Å². The van der Waals surface area contributed by atoms with Gasteiger partial charge in [-0.05, 0) is 12.5 Å². The van der Waals surface area contributed by atoms with Crippen molar-refractivity contribution < 1.29 is 4.92 Å². The van der Waals surface area contributed by atoms with Gasteiger partial charge in [0.05, 0.1) is 23.5 Å². The van der Waals surface area contributed by atoms with Gasteiger partial charge in [0.1, 0.15) is 0 Å². The van der Waals surface area contributed by atoms with Crippen LogP contribution in [0.5, 0.6) is 0 Å². The highest BCUT2D eigenvalue weighted by Gasteiger charge is 2.14. The fourth-order valence-electron chi connectivity index (χ4n) is 1.39. The molecule has 17 heavy (non-hydrogen) atoms. The molecule has 2 rings (SSSR count). The van der Waals surface area contributed by atoms with E-state index < -0.39 is 4.92 Å². The number of nitrogens with one attached hydrogen (secondary N) is 2. The van der Waals surface area contributed by atoms with E-state index in [4.69, 9.17) is 0 Å². The molecule has 0 aliphatic carbocycles. The summed E-state index contributed by atoms with van der Waals surface area (Å²) in [7, 11) is 0. The van der Waals surface area contributed by atoms with E-state index in [0.717, 1.165) is 11.3 Å². The van der Waals surface area contributed by atoms with Gasteiger partial charge in [0, 0.05) is 18.5 Å². The third-order valence-corrected chi connectivity index (χ3v) is 2.20. The first-order valence-corrected chi connectivity index (χ1v) is 4.99. The van der Waals surface area contributed by atoms with Gasteiger partial charge in [-0.15, -0.1) is 0 Å². The topological polar surface area (TPSA) is 96.7 Å². The Morgan fingerprint density at radius 3 is 3.00 bits per heavy atom. The maximum atomic E-state index is 10.8. The molecular weight excluding hydrogens is 222 g/mol. The lowest BCUT2D eigenvalue weighted by Crippen LogP contribution is -2.05. The largest absolute Gasteiger partial charge is 0.359 e. The summed E-state index contributed by atoms with van der Waals surface area (Å²) in [6, 6.07) is 1.49. The first kappa shape index (κ1) is 11.1. The Balaban J connectivity index is 2.17. The summed E-state index contributed by atoms with van der Waals surface area (Å²) >= 11 is 0. The number of aromatic amines is 1. The zero-order valence-corrected chi connectivity index (χ0v) is 9.17. The van der Waals surface area contributed by atoms with Crippen LogP contribution in [-0.2, 0) is 6.54 Å². The Labute approximate surface area is 97.1 Å².